The van der Waals surface area contributed by atoms with E-state index in [9.17, 15) is 0 Å². The van der Waals surface area contributed by atoms with Crippen LogP contribution in [-0.2, 0) is 0 Å². The van der Waals surface area contributed by atoms with Crippen LogP contribution in [0, 0.1) is 0 Å². The van der Waals surface area contributed by atoms with E-state index in [0.717, 1.165) is 11.3 Å². The summed E-state index contributed by atoms with van der Waals surface area (Å²) in [5, 5.41) is 2.88. The minimum Gasteiger partial charge on any atom is -0.236 e. The zero-order valence-electron chi connectivity index (χ0n) is 10.3. The highest BCUT2D eigenvalue weighted by molar-refractivity contribution is 6.69. The lowest BCUT2D eigenvalue weighted by atomic mass is 10.1. The second-order valence-corrected chi connectivity index (χ2v) is 4.66. The molecule has 3 aromatic rings. The summed E-state index contributed by atoms with van der Waals surface area (Å²) >= 11 is 6.24. The Morgan fingerprint density at radius 1 is 0.737 bits per heavy atom. The van der Waals surface area contributed by atoms with E-state index < -0.39 is 0 Å². The first-order chi connectivity index (χ1) is 9.33. The molecular weight excluding hydrogens is 254 g/mol. The molecule has 2 heteroatoms. The van der Waals surface area contributed by atoms with Crippen LogP contribution in [0.1, 0.15) is 5.56 Å². The van der Waals surface area contributed by atoms with Crippen LogP contribution in [0.4, 0.5) is 5.69 Å². The molecule has 0 atom stereocenters. The zero-order valence-corrected chi connectivity index (χ0v) is 11.0. The van der Waals surface area contributed by atoms with Crippen LogP contribution in [0.5, 0.6) is 0 Å². The maximum atomic E-state index is 6.24. The van der Waals surface area contributed by atoms with E-state index in [4.69, 9.17) is 11.6 Å². The second kappa shape index (κ2) is 5.25. The lowest BCUT2D eigenvalue weighted by Gasteiger charge is -2.01. The monoisotopic (exact) mass is 265 g/mol. The summed E-state index contributed by atoms with van der Waals surface area (Å²) in [4.78, 5) is 4.46. The molecule has 0 N–H and O–H groups in total. The maximum Gasteiger partial charge on any atom is 0.136 e. The van der Waals surface area contributed by atoms with E-state index in [-0.39, 0.29) is 0 Å². The topological polar surface area (TPSA) is 12.4 Å². The normalized spacial score (nSPS) is 11.7. The standard InChI is InChI=1S/C17H12ClN/c18-17(14-7-2-1-3-8-14)19-16-11-10-13-6-4-5-9-15(13)12-16/h1-12H. The summed E-state index contributed by atoms with van der Waals surface area (Å²) in [5.41, 5.74) is 1.80. The molecule has 0 unspecified atom stereocenters. The fourth-order valence-electron chi connectivity index (χ4n) is 2.00. The molecule has 0 fully saturated rings. The number of hydrogen-bond acceptors (Lipinski definition) is 1. The van der Waals surface area contributed by atoms with Gasteiger partial charge in [0.1, 0.15) is 5.17 Å². The Labute approximate surface area is 117 Å². The second-order valence-electron chi connectivity index (χ2n) is 4.30. The molecule has 1 nitrogen and oxygen atoms in total. The quantitative estimate of drug-likeness (QED) is 0.568. The van der Waals surface area contributed by atoms with E-state index in [1.54, 1.807) is 0 Å². The Bertz CT molecular complexity index is 732. The largest absolute Gasteiger partial charge is 0.236 e. The number of hydrogen-bond donors (Lipinski definition) is 0. The highest BCUT2D eigenvalue weighted by atomic mass is 35.5. The first kappa shape index (κ1) is 11.9. The summed E-state index contributed by atoms with van der Waals surface area (Å²) in [6.45, 7) is 0. The predicted octanol–water partition coefficient (Wildman–Crippen LogP) is 5.16. The highest BCUT2D eigenvalue weighted by Crippen LogP contribution is 2.22. The molecule has 0 saturated heterocycles. The van der Waals surface area contributed by atoms with Crippen LogP contribution >= 0.6 is 11.6 Å². The van der Waals surface area contributed by atoms with Gasteiger partial charge in [-0.1, -0.05) is 72.3 Å². The van der Waals surface area contributed by atoms with Crippen molar-refractivity contribution >= 4 is 33.2 Å². The van der Waals surface area contributed by atoms with Gasteiger partial charge in [-0.25, -0.2) is 4.99 Å². The fourth-order valence-corrected chi connectivity index (χ4v) is 2.22. The summed E-state index contributed by atoms with van der Waals surface area (Å²) in [6, 6.07) is 24.1. The van der Waals surface area contributed by atoms with Gasteiger partial charge in [-0.3, -0.25) is 0 Å². The van der Waals surface area contributed by atoms with Crippen molar-refractivity contribution in [2.45, 2.75) is 0 Å². The Kier molecular flexibility index (Phi) is 3.30. The van der Waals surface area contributed by atoms with Crippen LogP contribution in [0.25, 0.3) is 10.8 Å². The van der Waals surface area contributed by atoms with Crippen LogP contribution in [0.15, 0.2) is 77.8 Å². The van der Waals surface area contributed by atoms with Gasteiger partial charge in [0.05, 0.1) is 5.69 Å². The van der Waals surface area contributed by atoms with E-state index >= 15 is 0 Å². The van der Waals surface area contributed by atoms with Crippen molar-refractivity contribution in [3.05, 3.63) is 78.4 Å². The molecular formula is C17H12ClN. The number of rotatable bonds is 2. The number of benzene rings is 3. The van der Waals surface area contributed by atoms with Crippen molar-refractivity contribution in [1.29, 1.82) is 0 Å². The average Bonchev–Trinajstić information content (AvgIpc) is 2.48. The third-order valence-electron chi connectivity index (χ3n) is 2.97. The first-order valence-electron chi connectivity index (χ1n) is 6.11. The van der Waals surface area contributed by atoms with Crippen molar-refractivity contribution in [1.82, 2.24) is 0 Å². The average molecular weight is 266 g/mol. The van der Waals surface area contributed by atoms with Crippen LogP contribution in [0.3, 0.4) is 0 Å². The van der Waals surface area contributed by atoms with Crippen molar-refractivity contribution < 1.29 is 0 Å². The Hall–Kier alpha value is -2.12. The molecule has 19 heavy (non-hydrogen) atoms. The fraction of sp³-hybridized carbons (Fsp3) is 0. The number of aliphatic imine (C=N–C) groups is 1. The van der Waals surface area contributed by atoms with Gasteiger partial charge in [0.2, 0.25) is 0 Å². The molecule has 3 aromatic carbocycles. The predicted molar refractivity (Wildman–Crippen MR) is 82.4 cm³/mol. The van der Waals surface area contributed by atoms with E-state index in [1.807, 2.05) is 54.6 Å². The summed E-state index contributed by atoms with van der Waals surface area (Å²) in [6.07, 6.45) is 0. The van der Waals surface area contributed by atoms with Crippen LogP contribution in [0.2, 0.25) is 0 Å². The van der Waals surface area contributed by atoms with Crippen molar-refractivity contribution in [3.8, 4) is 0 Å². The van der Waals surface area contributed by atoms with Crippen molar-refractivity contribution in [3.63, 3.8) is 0 Å². The van der Waals surface area contributed by atoms with Gasteiger partial charge in [-0.05, 0) is 22.9 Å². The molecule has 92 valence electrons. The number of nitrogens with zero attached hydrogens (tertiary/aromatic N) is 1. The maximum absolute atomic E-state index is 6.24. The first-order valence-corrected chi connectivity index (χ1v) is 6.49. The van der Waals surface area contributed by atoms with Crippen molar-refractivity contribution in [2.75, 3.05) is 0 Å². The Morgan fingerprint density at radius 3 is 2.21 bits per heavy atom. The van der Waals surface area contributed by atoms with Gasteiger partial charge in [0.15, 0.2) is 0 Å². The SMILES string of the molecule is ClC(=Nc1ccc2ccccc2c1)c1ccccc1. The third kappa shape index (κ3) is 2.67. The van der Waals surface area contributed by atoms with Gasteiger partial charge in [-0.15, -0.1) is 0 Å². The van der Waals surface area contributed by atoms with Gasteiger partial charge >= 0.3 is 0 Å². The lowest BCUT2D eigenvalue weighted by Crippen LogP contribution is -1.89. The minimum absolute atomic E-state index is 0.510. The summed E-state index contributed by atoms with van der Waals surface area (Å²) < 4.78 is 0. The van der Waals surface area contributed by atoms with E-state index in [0.29, 0.717) is 5.17 Å². The Morgan fingerprint density at radius 2 is 1.42 bits per heavy atom. The molecule has 0 aliphatic carbocycles. The summed E-state index contributed by atoms with van der Waals surface area (Å²) in [5.74, 6) is 0. The zero-order chi connectivity index (χ0) is 13.1. The molecule has 0 heterocycles. The molecule has 3 rings (SSSR count). The van der Waals surface area contributed by atoms with Gasteiger partial charge < -0.3 is 0 Å². The van der Waals surface area contributed by atoms with Gasteiger partial charge in [-0.2, -0.15) is 0 Å². The van der Waals surface area contributed by atoms with Gasteiger partial charge in [0.25, 0.3) is 0 Å². The summed E-state index contributed by atoms with van der Waals surface area (Å²) in [7, 11) is 0. The molecule has 0 amide bonds. The molecule has 0 radical (unpaired) electrons. The number of fused-ring (bicyclic) bond motifs is 1. The number of halogens is 1. The van der Waals surface area contributed by atoms with Gasteiger partial charge in [0, 0.05) is 5.56 Å². The highest BCUT2D eigenvalue weighted by Gasteiger charge is 2.00. The van der Waals surface area contributed by atoms with E-state index in [1.165, 1.54) is 10.8 Å². The van der Waals surface area contributed by atoms with E-state index in [2.05, 4.69) is 23.2 Å². The molecule has 0 saturated carbocycles. The minimum atomic E-state index is 0.510. The third-order valence-corrected chi connectivity index (χ3v) is 3.28. The van der Waals surface area contributed by atoms with Crippen molar-refractivity contribution in [2.24, 2.45) is 4.99 Å². The lowest BCUT2D eigenvalue weighted by molar-refractivity contribution is 1.54. The molecule has 0 aliphatic heterocycles. The van der Waals surface area contributed by atoms with Crippen LogP contribution in [-0.4, -0.2) is 5.17 Å². The molecule has 0 aliphatic rings. The smallest absolute Gasteiger partial charge is 0.136 e. The Balaban J connectivity index is 2.01. The molecule has 0 bridgehead atoms. The van der Waals surface area contributed by atoms with Crippen LogP contribution < -0.4 is 0 Å². The molecule has 0 spiro atoms. The molecule has 0 aromatic heterocycles.